The molecule has 0 aromatic heterocycles. The predicted octanol–water partition coefficient (Wildman–Crippen LogP) is 5.91. The topological polar surface area (TPSA) is 125 Å². The minimum absolute atomic E-state index is 0.0167. The fourth-order valence-corrected chi connectivity index (χ4v) is 5.93. The molecule has 0 spiro atoms. The van der Waals surface area contributed by atoms with E-state index in [1.54, 1.807) is 17.9 Å². The summed E-state index contributed by atoms with van der Waals surface area (Å²) in [7, 11) is -5.27. The van der Waals surface area contributed by atoms with Crippen LogP contribution in [0.25, 0.3) is 21.6 Å². The zero-order valence-corrected chi connectivity index (χ0v) is 22.9. The Kier molecular flexibility index (Phi) is 7.66. The summed E-state index contributed by atoms with van der Waals surface area (Å²) in [6, 6.07) is 18.0. The minimum Gasteiger partial charge on any atom is -0.448 e. The Morgan fingerprint density at radius 1 is 1.02 bits per heavy atom. The van der Waals surface area contributed by atoms with Crippen molar-refractivity contribution in [3.8, 4) is 16.9 Å². The van der Waals surface area contributed by atoms with Crippen molar-refractivity contribution in [2.45, 2.75) is 26.3 Å². The summed E-state index contributed by atoms with van der Waals surface area (Å²) in [6.45, 7) is 5.67. The van der Waals surface area contributed by atoms with Gasteiger partial charge in [-0.2, -0.15) is 8.42 Å². The summed E-state index contributed by atoms with van der Waals surface area (Å²) < 4.78 is 46.1. The average molecular weight is 566 g/mol. The maximum absolute atomic E-state index is 13.4. The fraction of sp³-hybridized carbons (Fsp3) is 0.321. The van der Waals surface area contributed by atoms with E-state index >= 15 is 0 Å². The van der Waals surface area contributed by atoms with E-state index in [1.165, 1.54) is 18.1 Å². The second kappa shape index (κ2) is 11.2. The van der Waals surface area contributed by atoms with Crippen LogP contribution in [0.4, 0.5) is 14.4 Å². The maximum Gasteiger partial charge on any atom is 0.488 e. The first-order chi connectivity index (χ1) is 19.2. The number of halogens is 1. The van der Waals surface area contributed by atoms with Crippen molar-refractivity contribution in [1.29, 1.82) is 0 Å². The molecule has 0 saturated carbocycles. The molecule has 0 unspecified atom stereocenters. The number of carbonyl (C=O) groups is 1. The standard InChI is InChI=1S/C28H28FN5O5S/c1-18-20(15-26(31-32-30)19(2)27(18)39-40(29,36)37)16-33-11-13-34(14-12-33)28(35)38-17-25-23-9-5-3-7-21(23)22-8-4-6-10-24(22)25/h3-10,15,25H,11-14,16-17H2,1-2H3. The highest BCUT2D eigenvalue weighted by Crippen LogP contribution is 2.44. The molecule has 0 N–H and O–H groups in total. The van der Waals surface area contributed by atoms with Crippen molar-refractivity contribution >= 4 is 22.3 Å². The van der Waals surface area contributed by atoms with Crippen molar-refractivity contribution in [2.24, 2.45) is 5.11 Å². The van der Waals surface area contributed by atoms with Gasteiger partial charge in [-0.05, 0) is 58.8 Å². The highest BCUT2D eigenvalue weighted by atomic mass is 32.3. The van der Waals surface area contributed by atoms with Crippen molar-refractivity contribution in [3.05, 3.63) is 92.9 Å². The van der Waals surface area contributed by atoms with Gasteiger partial charge in [0.1, 0.15) is 6.61 Å². The van der Waals surface area contributed by atoms with E-state index in [4.69, 9.17) is 10.3 Å². The van der Waals surface area contributed by atoms with Crippen LogP contribution < -0.4 is 4.18 Å². The van der Waals surface area contributed by atoms with E-state index in [-0.39, 0.29) is 35.6 Å². The molecular formula is C28H28FN5O5S. The highest BCUT2D eigenvalue weighted by Gasteiger charge is 2.30. The molecule has 12 heteroatoms. The van der Waals surface area contributed by atoms with Crippen molar-refractivity contribution < 1.29 is 26.0 Å². The maximum atomic E-state index is 13.4. The molecule has 3 aromatic carbocycles. The molecule has 1 amide bonds. The first-order valence-electron chi connectivity index (χ1n) is 12.8. The van der Waals surface area contributed by atoms with Crippen molar-refractivity contribution in [3.63, 3.8) is 0 Å². The molecule has 1 heterocycles. The normalized spacial score (nSPS) is 15.2. The molecule has 10 nitrogen and oxygen atoms in total. The van der Waals surface area contributed by atoms with E-state index in [9.17, 15) is 17.1 Å². The number of azide groups is 1. The number of amides is 1. The van der Waals surface area contributed by atoms with E-state index in [0.717, 1.165) is 11.1 Å². The molecule has 0 atom stereocenters. The molecule has 1 aliphatic carbocycles. The van der Waals surface area contributed by atoms with Gasteiger partial charge in [0, 0.05) is 54.8 Å². The molecule has 40 heavy (non-hydrogen) atoms. The second-order valence-corrected chi connectivity index (χ2v) is 10.8. The van der Waals surface area contributed by atoms with Gasteiger partial charge < -0.3 is 13.8 Å². The summed E-state index contributed by atoms with van der Waals surface area (Å²) in [5.41, 5.74) is 15.0. The first-order valence-corrected chi connectivity index (χ1v) is 14.1. The van der Waals surface area contributed by atoms with Crippen LogP contribution in [0.1, 0.15) is 33.7 Å². The lowest BCUT2D eigenvalue weighted by Gasteiger charge is -2.34. The zero-order valence-electron chi connectivity index (χ0n) is 22.1. The smallest absolute Gasteiger partial charge is 0.448 e. The van der Waals surface area contributed by atoms with Gasteiger partial charge in [-0.15, -0.1) is 0 Å². The van der Waals surface area contributed by atoms with Crippen molar-refractivity contribution in [2.75, 3.05) is 32.8 Å². The molecule has 0 bridgehead atoms. The largest absolute Gasteiger partial charge is 0.488 e. The second-order valence-electron chi connectivity index (χ2n) is 9.87. The van der Waals surface area contributed by atoms with Gasteiger partial charge in [-0.1, -0.05) is 57.5 Å². The number of rotatable bonds is 7. The number of piperazine rings is 1. The molecule has 1 aliphatic heterocycles. The number of hydrogen-bond donors (Lipinski definition) is 0. The van der Waals surface area contributed by atoms with Crippen LogP contribution in [-0.2, 0) is 21.8 Å². The van der Waals surface area contributed by atoms with E-state index < -0.39 is 10.5 Å². The number of fused-ring (bicyclic) bond motifs is 3. The fourth-order valence-electron chi connectivity index (χ4n) is 5.48. The highest BCUT2D eigenvalue weighted by molar-refractivity contribution is 7.81. The van der Waals surface area contributed by atoms with E-state index in [1.807, 2.05) is 24.3 Å². The summed E-state index contributed by atoms with van der Waals surface area (Å²) in [4.78, 5) is 19.5. The quantitative estimate of drug-likeness (QED) is 0.152. The third-order valence-corrected chi connectivity index (χ3v) is 7.92. The number of hydrogen-bond acceptors (Lipinski definition) is 7. The van der Waals surface area contributed by atoms with Crippen LogP contribution in [0.5, 0.6) is 5.75 Å². The molecule has 1 fully saturated rings. The third kappa shape index (κ3) is 5.60. The average Bonchev–Trinajstić information content (AvgIpc) is 3.26. The Morgan fingerprint density at radius 2 is 1.62 bits per heavy atom. The van der Waals surface area contributed by atoms with Gasteiger partial charge in [-0.25, -0.2) is 4.79 Å². The van der Waals surface area contributed by atoms with Crippen LogP contribution in [0.15, 0.2) is 59.7 Å². The Bertz CT molecular complexity index is 1570. The molecule has 1 saturated heterocycles. The lowest BCUT2D eigenvalue weighted by atomic mass is 9.98. The number of benzene rings is 3. The molecular weight excluding hydrogens is 537 g/mol. The van der Waals surface area contributed by atoms with Crippen molar-refractivity contribution in [1.82, 2.24) is 9.80 Å². The van der Waals surface area contributed by atoms with E-state index in [2.05, 4.69) is 43.4 Å². The summed E-state index contributed by atoms with van der Waals surface area (Å²) in [5, 5.41) is 3.60. The van der Waals surface area contributed by atoms with Crippen LogP contribution >= 0.6 is 0 Å². The van der Waals surface area contributed by atoms with Crippen LogP contribution in [-0.4, -0.2) is 57.1 Å². The Labute approximate surface area is 232 Å². The van der Waals surface area contributed by atoms with Gasteiger partial charge in [0.2, 0.25) is 0 Å². The molecule has 208 valence electrons. The lowest BCUT2D eigenvalue weighted by Crippen LogP contribution is -2.48. The van der Waals surface area contributed by atoms with Gasteiger partial charge in [0.15, 0.2) is 5.75 Å². The minimum atomic E-state index is -5.27. The monoisotopic (exact) mass is 565 g/mol. The summed E-state index contributed by atoms with van der Waals surface area (Å²) in [6.07, 6.45) is -0.373. The lowest BCUT2D eigenvalue weighted by molar-refractivity contribution is 0.0728. The molecule has 0 radical (unpaired) electrons. The van der Waals surface area contributed by atoms with E-state index in [0.29, 0.717) is 43.9 Å². The van der Waals surface area contributed by atoms with Gasteiger partial charge in [0.25, 0.3) is 0 Å². The zero-order chi connectivity index (χ0) is 28.4. The number of carbonyl (C=O) groups excluding carboxylic acids is 1. The summed E-state index contributed by atoms with van der Waals surface area (Å²) >= 11 is 0. The van der Waals surface area contributed by atoms with Gasteiger partial charge in [-0.3, -0.25) is 4.90 Å². The van der Waals surface area contributed by atoms with Gasteiger partial charge >= 0.3 is 16.6 Å². The SMILES string of the molecule is Cc1c(CN2CCN(C(=O)OCC3c4ccccc4-c4ccccc43)CC2)cc(N=[N+]=[N-])c(C)c1OS(=O)(=O)F. The van der Waals surface area contributed by atoms with Gasteiger partial charge in [0.05, 0.1) is 0 Å². The van der Waals surface area contributed by atoms with Crippen LogP contribution in [0, 0.1) is 13.8 Å². The molecule has 2 aliphatic rings. The predicted molar refractivity (Wildman–Crippen MR) is 147 cm³/mol. The number of ether oxygens (including phenoxy) is 1. The summed E-state index contributed by atoms with van der Waals surface area (Å²) in [5.74, 6) is -0.211. The number of nitrogens with zero attached hydrogens (tertiary/aromatic N) is 5. The Balaban J connectivity index is 1.22. The Morgan fingerprint density at radius 3 is 2.20 bits per heavy atom. The first kappa shape index (κ1) is 27.4. The molecule has 3 aromatic rings. The van der Waals surface area contributed by atoms with Crippen LogP contribution in [0.3, 0.4) is 0 Å². The third-order valence-electron chi connectivity index (χ3n) is 7.55. The molecule has 5 rings (SSSR count). The van der Waals surface area contributed by atoms with Crippen LogP contribution in [0.2, 0.25) is 0 Å². The Hall–Kier alpha value is -4.12.